The number of amides is 2. The van der Waals surface area contributed by atoms with E-state index in [1.165, 1.54) is 4.90 Å². The van der Waals surface area contributed by atoms with Gasteiger partial charge in [0.25, 0.3) is 0 Å². The molecule has 6 atom stereocenters. The maximum absolute atomic E-state index is 14.0. The molecule has 1 spiro atoms. The maximum atomic E-state index is 14.0. The van der Waals surface area contributed by atoms with Crippen molar-refractivity contribution in [2.75, 3.05) is 26.3 Å². The van der Waals surface area contributed by atoms with Crippen LogP contribution in [0.1, 0.15) is 52.9 Å². The summed E-state index contributed by atoms with van der Waals surface area (Å²) in [6.45, 7) is 6.78. The highest BCUT2D eigenvalue weighted by Crippen LogP contribution is 2.57. The second kappa shape index (κ2) is 9.22. The zero-order chi connectivity index (χ0) is 23.8. The monoisotopic (exact) mass is 460 g/mol. The highest BCUT2D eigenvalue weighted by atomic mass is 16.6. The fourth-order valence-corrected chi connectivity index (χ4v) is 5.98. The number of nitrogens with zero attached hydrogens (tertiary/aromatic N) is 2. The van der Waals surface area contributed by atoms with Crippen LogP contribution in [-0.2, 0) is 23.9 Å². The van der Waals surface area contributed by atoms with Gasteiger partial charge in [0, 0.05) is 13.1 Å². The van der Waals surface area contributed by atoms with Crippen LogP contribution in [0.3, 0.4) is 0 Å². The van der Waals surface area contributed by atoms with Crippen LogP contribution in [-0.4, -0.2) is 82.3 Å². The summed E-state index contributed by atoms with van der Waals surface area (Å²) in [5.74, 6) is -2.75. The predicted octanol–water partition coefficient (Wildman–Crippen LogP) is 1.82. The largest absolute Gasteiger partial charge is 0.465 e. The molecule has 182 valence electrons. The van der Waals surface area contributed by atoms with Crippen molar-refractivity contribution in [1.29, 1.82) is 0 Å². The van der Waals surface area contributed by atoms with E-state index in [0.29, 0.717) is 25.9 Å². The summed E-state index contributed by atoms with van der Waals surface area (Å²) in [4.78, 5) is 44.5. The number of carbonyl (C=O) groups is 3. The summed E-state index contributed by atoms with van der Waals surface area (Å²) >= 11 is 0. The Morgan fingerprint density at radius 3 is 2.64 bits per heavy atom. The number of aliphatic hydroxyl groups is 1. The number of rotatable bonds is 6. The third-order valence-corrected chi connectivity index (χ3v) is 7.63. The molecule has 1 unspecified atom stereocenters. The lowest BCUT2D eigenvalue weighted by atomic mass is 9.74. The van der Waals surface area contributed by atoms with Crippen LogP contribution in [0.5, 0.6) is 0 Å². The first-order valence-corrected chi connectivity index (χ1v) is 12.3. The molecule has 0 aliphatic carbocycles. The Labute approximate surface area is 195 Å². The number of fused-ring (bicyclic) bond motifs is 2. The zero-order valence-electron chi connectivity index (χ0n) is 19.9. The van der Waals surface area contributed by atoms with Crippen LogP contribution in [0.25, 0.3) is 0 Å². The van der Waals surface area contributed by atoms with Gasteiger partial charge >= 0.3 is 5.97 Å². The Kier molecular flexibility index (Phi) is 6.69. The summed E-state index contributed by atoms with van der Waals surface area (Å²) < 4.78 is 12.3. The van der Waals surface area contributed by atoms with E-state index in [1.807, 2.05) is 38.2 Å². The van der Waals surface area contributed by atoms with Crippen LogP contribution in [0.4, 0.5) is 0 Å². The fourth-order valence-electron chi connectivity index (χ4n) is 5.98. The summed E-state index contributed by atoms with van der Waals surface area (Å²) in [5.41, 5.74) is -2.37. The minimum atomic E-state index is -1.29. The first-order chi connectivity index (χ1) is 15.8. The number of aliphatic hydroxyl groups excluding tert-OH is 1. The van der Waals surface area contributed by atoms with E-state index in [9.17, 15) is 19.5 Å². The van der Waals surface area contributed by atoms with Crippen molar-refractivity contribution in [2.45, 2.75) is 76.2 Å². The van der Waals surface area contributed by atoms with Gasteiger partial charge in [-0.3, -0.25) is 14.4 Å². The van der Waals surface area contributed by atoms with Gasteiger partial charge in [-0.15, -0.1) is 0 Å². The molecule has 33 heavy (non-hydrogen) atoms. The minimum absolute atomic E-state index is 0.191. The van der Waals surface area contributed by atoms with Crippen LogP contribution >= 0.6 is 0 Å². The number of hydrogen-bond acceptors (Lipinski definition) is 6. The number of ether oxygens (including phenoxy) is 2. The number of esters is 1. The molecule has 4 heterocycles. The highest BCUT2D eigenvalue weighted by molar-refractivity contribution is 5.99. The minimum Gasteiger partial charge on any atom is -0.465 e. The van der Waals surface area contributed by atoms with Crippen molar-refractivity contribution in [1.82, 2.24) is 9.80 Å². The molecule has 2 fully saturated rings. The van der Waals surface area contributed by atoms with Crippen molar-refractivity contribution < 1.29 is 29.0 Å². The molecule has 4 aliphatic heterocycles. The third-order valence-electron chi connectivity index (χ3n) is 7.63. The Hall–Kier alpha value is -2.19. The molecule has 1 N–H and O–H groups in total. The van der Waals surface area contributed by atoms with Gasteiger partial charge in [-0.2, -0.15) is 0 Å². The Morgan fingerprint density at radius 2 is 1.94 bits per heavy atom. The smallest absolute Gasteiger partial charge is 0.313 e. The van der Waals surface area contributed by atoms with Crippen LogP contribution in [0, 0.1) is 11.8 Å². The van der Waals surface area contributed by atoms with E-state index in [4.69, 9.17) is 9.47 Å². The van der Waals surface area contributed by atoms with Gasteiger partial charge in [-0.1, -0.05) is 44.6 Å². The highest BCUT2D eigenvalue weighted by Gasteiger charge is 2.75. The van der Waals surface area contributed by atoms with Crippen LogP contribution < -0.4 is 0 Å². The summed E-state index contributed by atoms with van der Waals surface area (Å²) in [6.07, 6.45) is 11.3. The Balaban J connectivity index is 1.86. The van der Waals surface area contributed by atoms with Gasteiger partial charge in [0.15, 0.2) is 0 Å². The topological polar surface area (TPSA) is 96.4 Å². The van der Waals surface area contributed by atoms with E-state index >= 15 is 0 Å². The normalized spacial score (nSPS) is 37.9. The van der Waals surface area contributed by atoms with Crippen molar-refractivity contribution in [3.05, 3.63) is 24.3 Å². The molecular formula is C25H36N2O6. The van der Waals surface area contributed by atoms with Gasteiger partial charge in [0.2, 0.25) is 11.8 Å². The van der Waals surface area contributed by atoms with Crippen molar-refractivity contribution >= 4 is 17.8 Å². The molecule has 0 saturated carbocycles. The third kappa shape index (κ3) is 3.71. The van der Waals surface area contributed by atoms with Crippen LogP contribution in [0.2, 0.25) is 0 Å². The van der Waals surface area contributed by atoms with Crippen molar-refractivity contribution in [3.8, 4) is 0 Å². The molecule has 0 radical (unpaired) electrons. The van der Waals surface area contributed by atoms with Gasteiger partial charge in [0.05, 0.1) is 30.8 Å². The molecule has 2 saturated heterocycles. The lowest BCUT2D eigenvalue weighted by Crippen LogP contribution is -2.58. The van der Waals surface area contributed by atoms with Gasteiger partial charge in [-0.05, 0) is 32.6 Å². The zero-order valence-corrected chi connectivity index (χ0v) is 19.9. The Bertz CT molecular complexity index is 852. The molecule has 0 aromatic carbocycles. The average molecular weight is 461 g/mol. The number of allylic oxidation sites excluding steroid dienone is 1. The molecule has 2 amide bonds. The number of unbranched alkanes of at least 4 members (excludes halogenated alkanes) is 1. The molecule has 8 nitrogen and oxygen atoms in total. The lowest BCUT2D eigenvalue weighted by Gasteiger charge is -2.40. The molecule has 4 rings (SSSR count). The summed E-state index contributed by atoms with van der Waals surface area (Å²) in [5, 5.41) is 10.1. The molecule has 0 aromatic rings. The van der Waals surface area contributed by atoms with E-state index in [-0.39, 0.29) is 25.0 Å². The van der Waals surface area contributed by atoms with Gasteiger partial charge < -0.3 is 24.4 Å². The fraction of sp³-hybridized carbons (Fsp3) is 0.720. The molecule has 0 aromatic heterocycles. The Morgan fingerprint density at radius 1 is 1.15 bits per heavy atom. The number of likely N-dealkylation sites (tertiary alicyclic amines) is 1. The first-order valence-electron chi connectivity index (χ1n) is 12.3. The summed E-state index contributed by atoms with van der Waals surface area (Å²) in [6, 6.07) is -1.47. The van der Waals surface area contributed by atoms with E-state index in [2.05, 4.69) is 6.92 Å². The number of carbonyl (C=O) groups excluding carboxylic acids is 3. The van der Waals surface area contributed by atoms with E-state index < -0.39 is 41.1 Å². The SMILES string of the molecule is CCCCN1CC=C[C@]23O[C@]4(C)/C=C\CCCOC(=O)[C@@H]4[C@H]2C(=O)N([C@@H](CC)CO)C3C1=O. The molecule has 0 bridgehead atoms. The predicted molar refractivity (Wildman–Crippen MR) is 121 cm³/mol. The second-order valence-corrected chi connectivity index (χ2v) is 9.74. The maximum Gasteiger partial charge on any atom is 0.313 e. The van der Waals surface area contributed by atoms with Crippen molar-refractivity contribution in [3.63, 3.8) is 0 Å². The first kappa shape index (κ1) is 24.0. The molecule has 4 aliphatic rings. The molecular weight excluding hydrogens is 424 g/mol. The van der Waals surface area contributed by atoms with Crippen LogP contribution in [0.15, 0.2) is 24.3 Å². The average Bonchev–Trinajstić information content (AvgIpc) is 3.14. The van der Waals surface area contributed by atoms with E-state index in [1.54, 1.807) is 4.90 Å². The van der Waals surface area contributed by atoms with E-state index in [0.717, 1.165) is 19.3 Å². The molecule has 8 heteroatoms. The second-order valence-electron chi connectivity index (χ2n) is 9.74. The lowest BCUT2D eigenvalue weighted by molar-refractivity contribution is -0.161. The quantitative estimate of drug-likeness (QED) is 0.480. The summed E-state index contributed by atoms with van der Waals surface area (Å²) in [7, 11) is 0. The van der Waals surface area contributed by atoms with Gasteiger partial charge in [0.1, 0.15) is 17.6 Å². The van der Waals surface area contributed by atoms with Gasteiger partial charge in [-0.25, -0.2) is 0 Å². The van der Waals surface area contributed by atoms with Crippen molar-refractivity contribution in [2.24, 2.45) is 11.8 Å². The standard InChI is InChI=1S/C25H36N2O6/c1-4-6-13-26-14-10-12-25-18(21(29)27(17(5-2)16-28)20(25)22(26)30)19-23(31)32-15-9-7-8-11-24(19,3)33-25/h8,10-12,17-20,28H,4-7,9,13-16H2,1-3H3/b11-8-/t17-,18-,19-,20?,24+,25-/m0/s1. The number of hydrogen-bond donors (Lipinski definition) is 1. The number of cyclic esters (lactones) is 1.